The molecule has 0 aromatic rings. The van der Waals surface area contributed by atoms with Gasteiger partial charge in [0.2, 0.25) is 0 Å². The first-order valence-electron chi connectivity index (χ1n) is 8.89. The molecule has 2 heteroatoms. The minimum absolute atomic E-state index is 0.117. The van der Waals surface area contributed by atoms with E-state index in [1.54, 1.807) is 6.08 Å². The van der Waals surface area contributed by atoms with Gasteiger partial charge >= 0.3 is 5.97 Å². The van der Waals surface area contributed by atoms with Gasteiger partial charge in [0.05, 0.1) is 6.42 Å². The molecule has 2 nitrogen and oxygen atoms in total. The Bertz CT molecular complexity index is 462. The maximum absolute atomic E-state index is 10.3. The van der Waals surface area contributed by atoms with E-state index in [-0.39, 0.29) is 6.42 Å². The zero-order valence-corrected chi connectivity index (χ0v) is 14.9. The highest BCUT2D eigenvalue weighted by Crippen LogP contribution is 1.98. The minimum Gasteiger partial charge on any atom is -0.481 e. The third-order valence-corrected chi connectivity index (χ3v) is 3.12. The Kier molecular flexibility index (Phi) is 17.3. The fourth-order valence-electron chi connectivity index (χ4n) is 1.86. The summed E-state index contributed by atoms with van der Waals surface area (Å²) in [7, 11) is 0. The number of rotatable bonds is 14. The van der Waals surface area contributed by atoms with Crippen LogP contribution in [0.4, 0.5) is 0 Å². The van der Waals surface area contributed by atoms with E-state index in [0.717, 1.165) is 44.9 Å². The van der Waals surface area contributed by atoms with E-state index in [0.29, 0.717) is 0 Å². The predicted octanol–water partition coefficient (Wildman–Crippen LogP) is 6.55. The quantitative estimate of drug-likeness (QED) is 0.290. The maximum Gasteiger partial charge on any atom is 0.307 e. The van der Waals surface area contributed by atoms with Gasteiger partial charge in [-0.3, -0.25) is 4.79 Å². The van der Waals surface area contributed by atoms with Gasteiger partial charge < -0.3 is 5.11 Å². The molecule has 24 heavy (non-hydrogen) atoms. The van der Waals surface area contributed by atoms with E-state index in [1.807, 2.05) is 6.08 Å². The van der Waals surface area contributed by atoms with Crippen LogP contribution in [0.3, 0.4) is 0 Å². The van der Waals surface area contributed by atoms with Crippen molar-refractivity contribution in [3.05, 3.63) is 72.9 Å². The number of hydrogen-bond donors (Lipinski definition) is 1. The Morgan fingerprint density at radius 2 is 1.00 bits per heavy atom. The molecule has 0 saturated carbocycles. The van der Waals surface area contributed by atoms with Crippen LogP contribution in [-0.2, 0) is 4.79 Å². The van der Waals surface area contributed by atoms with Crippen molar-refractivity contribution in [1.82, 2.24) is 0 Å². The van der Waals surface area contributed by atoms with E-state index < -0.39 is 5.97 Å². The van der Waals surface area contributed by atoms with Crippen molar-refractivity contribution in [2.75, 3.05) is 0 Å². The lowest BCUT2D eigenvalue weighted by Crippen LogP contribution is -1.89. The molecule has 132 valence electrons. The van der Waals surface area contributed by atoms with Gasteiger partial charge in [-0.05, 0) is 44.9 Å². The van der Waals surface area contributed by atoms with Gasteiger partial charge in [-0.15, -0.1) is 0 Å². The zero-order valence-electron chi connectivity index (χ0n) is 14.9. The number of carboxylic acids is 1. The number of hydrogen-bond acceptors (Lipinski definition) is 1. The molecule has 0 aliphatic carbocycles. The summed E-state index contributed by atoms with van der Waals surface area (Å²) >= 11 is 0. The largest absolute Gasteiger partial charge is 0.481 e. The monoisotopic (exact) mass is 328 g/mol. The van der Waals surface area contributed by atoms with E-state index in [4.69, 9.17) is 5.11 Å². The molecule has 0 spiro atoms. The summed E-state index contributed by atoms with van der Waals surface area (Å²) in [6, 6.07) is 0. The molecular formula is C22H32O2. The molecule has 0 saturated heterocycles. The van der Waals surface area contributed by atoms with E-state index in [2.05, 4.69) is 67.7 Å². The molecule has 0 radical (unpaired) electrons. The highest BCUT2D eigenvalue weighted by Gasteiger charge is 1.87. The Balaban J connectivity index is 3.50. The average Bonchev–Trinajstić information content (AvgIpc) is 2.56. The van der Waals surface area contributed by atoms with Crippen LogP contribution < -0.4 is 0 Å². The zero-order chi connectivity index (χ0) is 17.7. The number of aliphatic carboxylic acids is 1. The van der Waals surface area contributed by atoms with Crippen molar-refractivity contribution >= 4 is 5.97 Å². The Morgan fingerprint density at radius 3 is 1.42 bits per heavy atom. The molecule has 0 aliphatic rings. The fraction of sp³-hybridized carbons (Fsp3) is 0.409. The number of carbonyl (C=O) groups is 1. The van der Waals surface area contributed by atoms with Gasteiger partial charge in [-0.25, -0.2) is 0 Å². The molecule has 0 bridgehead atoms. The smallest absolute Gasteiger partial charge is 0.307 e. The van der Waals surface area contributed by atoms with E-state index in [9.17, 15) is 4.79 Å². The molecule has 0 aromatic carbocycles. The number of unbranched alkanes of at least 4 members (excludes halogenated alkanes) is 1. The minimum atomic E-state index is -0.777. The molecule has 0 atom stereocenters. The average molecular weight is 328 g/mol. The summed E-state index contributed by atoms with van der Waals surface area (Å²) < 4.78 is 0. The van der Waals surface area contributed by atoms with Crippen molar-refractivity contribution in [3.8, 4) is 0 Å². The van der Waals surface area contributed by atoms with Crippen LogP contribution in [0, 0.1) is 0 Å². The van der Waals surface area contributed by atoms with Gasteiger partial charge in [0.25, 0.3) is 0 Å². The van der Waals surface area contributed by atoms with Crippen molar-refractivity contribution in [2.24, 2.45) is 0 Å². The van der Waals surface area contributed by atoms with Crippen molar-refractivity contribution in [1.29, 1.82) is 0 Å². The molecule has 0 amide bonds. The lowest BCUT2D eigenvalue weighted by molar-refractivity contribution is -0.136. The standard InChI is InChI=1S/C22H32O2/c1-2-3-4-5-6-7-8-9-10-11-12-13-14-15-16-17-18-19-20-21-22(23)24/h3-4,6-7,9-10,12-13,15-16,19-20H,2,5,8,11,14,17-18,21H2,1H3,(H,23,24)/b4-3-,7-6-,10-9-,13-12-,16-15-,20-19-. The summed E-state index contributed by atoms with van der Waals surface area (Å²) in [6.45, 7) is 2.15. The second-order valence-corrected chi connectivity index (χ2v) is 5.35. The van der Waals surface area contributed by atoms with Gasteiger partial charge in [-0.2, -0.15) is 0 Å². The van der Waals surface area contributed by atoms with Crippen LogP contribution in [0.1, 0.15) is 58.3 Å². The van der Waals surface area contributed by atoms with Crippen molar-refractivity contribution in [3.63, 3.8) is 0 Å². The highest BCUT2D eigenvalue weighted by atomic mass is 16.4. The lowest BCUT2D eigenvalue weighted by atomic mass is 10.2. The van der Waals surface area contributed by atoms with E-state index >= 15 is 0 Å². The van der Waals surface area contributed by atoms with Crippen LogP contribution in [0.15, 0.2) is 72.9 Å². The lowest BCUT2D eigenvalue weighted by Gasteiger charge is -1.87. The van der Waals surface area contributed by atoms with Gasteiger partial charge in [-0.1, -0.05) is 79.8 Å². The van der Waals surface area contributed by atoms with Gasteiger partial charge in [0.1, 0.15) is 0 Å². The van der Waals surface area contributed by atoms with Crippen molar-refractivity contribution < 1.29 is 9.90 Å². The highest BCUT2D eigenvalue weighted by molar-refractivity contribution is 5.68. The van der Waals surface area contributed by atoms with Crippen LogP contribution in [0.25, 0.3) is 0 Å². The third kappa shape index (κ3) is 19.9. The molecule has 0 fully saturated rings. The fourth-order valence-corrected chi connectivity index (χ4v) is 1.86. The number of carboxylic acid groups (broad SMARTS) is 1. The molecule has 1 N–H and O–H groups in total. The molecule has 0 unspecified atom stereocenters. The number of allylic oxidation sites excluding steroid dienone is 11. The maximum atomic E-state index is 10.3. The summed E-state index contributed by atoms with van der Waals surface area (Å²) in [6.07, 6.45) is 32.5. The third-order valence-electron chi connectivity index (χ3n) is 3.12. The Morgan fingerprint density at radius 1 is 0.625 bits per heavy atom. The molecule has 0 aromatic heterocycles. The summed E-state index contributed by atoms with van der Waals surface area (Å²) in [4.78, 5) is 10.3. The molecule has 0 heterocycles. The first-order chi connectivity index (χ1) is 11.8. The van der Waals surface area contributed by atoms with Crippen LogP contribution in [0.5, 0.6) is 0 Å². The normalized spacial score (nSPS) is 13.0. The second kappa shape index (κ2) is 19.0. The molecule has 0 aliphatic heterocycles. The SMILES string of the molecule is CC/C=C\C/C=C\C/C=C\C/C=C\C/C=C\CC/C=C\CC(=O)O. The Hall–Kier alpha value is -2.09. The van der Waals surface area contributed by atoms with E-state index in [1.165, 1.54) is 0 Å². The first kappa shape index (κ1) is 21.9. The van der Waals surface area contributed by atoms with Crippen LogP contribution >= 0.6 is 0 Å². The van der Waals surface area contributed by atoms with Gasteiger partial charge in [0.15, 0.2) is 0 Å². The summed E-state index contributed by atoms with van der Waals surface area (Å²) in [5, 5.41) is 8.47. The molecule has 0 rings (SSSR count). The predicted molar refractivity (Wildman–Crippen MR) is 105 cm³/mol. The second-order valence-electron chi connectivity index (χ2n) is 5.35. The van der Waals surface area contributed by atoms with Crippen molar-refractivity contribution in [2.45, 2.75) is 58.3 Å². The molecular weight excluding hydrogens is 296 g/mol. The topological polar surface area (TPSA) is 37.3 Å². The van der Waals surface area contributed by atoms with Crippen LogP contribution in [-0.4, -0.2) is 11.1 Å². The summed E-state index contributed by atoms with van der Waals surface area (Å²) in [5.41, 5.74) is 0. The Labute approximate surface area is 147 Å². The van der Waals surface area contributed by atoms with Crippen LogP contribution in [0.2, 0.25) is 0 Å². The first-order valence-corrected chi connectivity index (χ1v) is 8.89. The summed E-state index contributed by atoms with van der Waals surface area (Å²) in [5.74, 6) is -0.777. The van der Waals surface area contributed by atoms with Gasteiger partial charge in [0, 0.05) is 0 Å².